The Kier molecular flexibility index (Phi) is 2.85. The predicted molar refractivity (Wildman–Crippen MR) is 70.2 cm³/mol. The van der Waals surface area contributed by atoms with Gasteiger partial charge in [-0.3, -0.25) is 0 Å². The molecule has 0 fully saturated rings. The van der Waals surface area contributed by atoms with Crippen LogP contribution in [0.25, 0.3) is 5.69 Å². The summed E-state index contributed by atoms with van der Waals surface area (Å²) < 4.78 is 1.81. The summed E-state index contributed by atoms with van der Waals surface area (Å²) in [5.74, 6) is 0. The first-order valence-corrected chi connectivity index (χ1v) is 6.53. The summed E-state index contributed by atoms with van der Waals surface area (Å²) in [6.45, 7) is 0. The fraction of sp³-hybridized carbons (Fsp3) is 0.308. The molecule has 1 aliphatic carbocycles. The van der Waals surface area contributed by atoms with E-state index in [0.29, 0.717) is 0 Å². The van der Waals surface area contributed by atoms with Gasteiger partial charge in [0.25, 0.3) is 0 Å². The van der Waals surface area contributed by atoms with Crippen LogP contribution in [0.5, 0.6) is 0 Å². The van der Waals surface area contributed by atoms with Crippen LogP contribution in [-0.2, 0) is 12.8 Å². The van der Waals surface area contributed by atoms with Gasteiger partial charge in [0.2, 0.25) is 0 Å². The van der Waals surface area contributed by atoms with Gasteiger partial charge in [0.15, 0.2) is 0 Å². The van der Waals surface area contributed by atoms with E-state index in [2.05, 4.69) is 5.10 Å². The van der Waals surface area contributed by atoms with Crippen molar-refractivity contribution in [2.45, 2.75) is 25.7 Å². The molecule has 2 nitrogen and oxygen atoms in total. The first-order chi connectivity index (χ1) is 8.25. The molecule has 0 aliphatic heterocycles. The molecule has 0 amide bonds. The minimum Gasteiger partial charge on any atom is -0.222 e. The lowest BCUT2D eigenvalue weighted by Crippen LogP contribution is -2.00. The molecule has 1 aromatic heterocycles. The molecule has 17 heavy (non-hydrogen) atoms. The zero-order valence-electron chi connectivity index (χ0n) is 9.29. The van der Waals surface area contributed by atoms with Crippen molar-refractivity contribution in [3.05, 3.63) is 45.7 Å². The Morgan fingerprint density at radius 1 is 1.00 bits per heavy atom. The largest absolute Gasteiger partial charge is 0.222 e. The van der Waals surface area contributed by atoms with E-state index in [1.807, 2.05) is 28.9 Å². The van der Waals surface area contributed by atoms with Crippen molar-refractivity contribution in [2.24, 2.45) is 0 Å². The Bertz CT molecular complexity index is 543. The number of hydrogen-bond donors (Lipinski definition) is 0. The molecule has 1 heterocycles. The molecule has 0 unspecified atom stereocenters. The maximum atomic E-state index is 6.38. The van der Waals surface area contributed by atoms with E-state index < -0.39 is 0 Å². The number of fused-ring (bicyclic) bond motifs is 1. The first kappa shape index (κ1) is 11.1. The van der Waals surface area contributed by atoms with Crippen LogP contribution in [0.4, 0.5) is 0 Å². The SMILES string of the molecule is Clc1ccc(-n2nc3c(c2Cl)CCCC3)cc1. The number of halogens is 2. The first-order valence-electron chi connectivity index (χ1n) is 5.78. The van der Waals surface area contributed by atoms with Gasteiger partial charge in [0.1, 0.15) is 5.15 Å². The minimum absolute atomic E-state index is 0.724. The van der Waals surface area contributed by atoms with Gasteiger partial charge in [-0.2, -0.15) is 5.10 Å². The van der Waals surface area contributed by atoms with Crippen LogP contribution in [0.2, 0.25) is 10.2 Å². The summed E-state index contributed by atoms with van der Waals surface area (Å²) in [6, 6.07) is 7.58. The lowest BCUT2D eigenvalue weighted by Gasteiger charge is -2.07. The molecular formula is C13H12Cl2N2. The van der Waals surface area contributed by atoms with Crippen molar-refractivity contribution >= 4 is 23.2 Å². The molecule has 0 saturated carbocycles. The Morgan fingerprint density at radius 2 is 1.71 bits per heavy atom. The maximum absolute atomic E-state index is 6.38. The smallest absolute Gasteiger partial charge is 0.136 e. The summed E-state index contributed by atoms with van der Waals surface area (Å²) >= 11 is 12.3. The third-order valence-electron chi connectivity index (χ3n) is 3.17. The summed E-state index contributed by atoms with van der Waals surface area (Å²) in [7, 11) is 0. The van der Waals surface area contributed by atoms with Gasteiger partial charge >= 0.3 is 0 Å². The molecule has 88 valence electrons. The van der Waals surface area contributed by atoms with Gasteiger partial charge in [0.05, 0.1) is 11.4 Å². The van der Waals surface area contributed by atoms with Gasteiger partial charge in [-0.25, -0.2) is 4.68 Å². The molecule has 0 saturated heterocycles. The molecule has 0 radical (unpaired) electrons. The third kappa shape index (κ3) is 1.96. The average molecular weight is 267 g/mol. The molecule has 3 rings (SSSR count). The standard InChI is InChI=1S/C13H12Cl2N2/c14-9-5-7-10(8-6-9)17-13(15)11-3-1-2-4-12(11)16-17/h5-8H,1-4H2. The van der Waals surface area contributed by atoms with Gasteiger partial charge in [-0.15, -0.1) is 0 Å². The zero-order valence-corrected chi connectivity index (χ0v) is 10.8. The van der Waals surface area contributed by atoms with Crippen molar-refractivity contribution in [2.75, 3.05) is 0 Å². The lowest BCUT2D eigenvalue weighted by molar-refractivity contribution is 0.671. The minimum atomic E-state index is 0.724. The summed E-state index contributed by atoms with van der Waals surface area (Å²) in [5.41, 5.74) is 3.33. The Morgan fingerprint density at radius 3 is 2.41 bits per heavy atom. The molecule has 0 N–H and O–H groups in total. The second kappa shape index (κ2) is 4.35. The monoisotopic (exact) mass is 266 g/mol. The fourth-order valence-electron chi connectivity index (χ4n) is 2.27. The summed E-state index contributed by atoms with van der Waals surface area (Å²) in [6.07, 6.45) is 4.50. The Balaban J connectivity index is 2.09. The summed E-state index contributed by atoms with van der Waals surface area (Å²) in [5, 5.41) is 6.07. The van der Waals surface area contributed by atoms with Crippen LogP contribution in [0, 0.1) is 0 Å². The molecule has 0 spiro atoms. The Labute approximate surface area is 110 Å². The predicted octanol–water partition coefficient (Wildman–Crippen LogP) is 4.06. The topological polar surface area (TPSA) is 17.8 Å². The number of nitrogens with zero attached hydrogens (tertiary/aromatic N) is 2. The maximum Gasteiger partial charge on any atom is 0.136 e. The van der Waals surface area contributed by atoms with Gasteiger partial charge < -0.3 is 0 Å². The highest BCUT2D eigenvalue weighted by molar-refractivity contribution is 6.31. The highest BCUT2D eigenvalue weighted by Crippen LogP contribution is 2.29. The van der Waals surface area contributed by atoms with E-state index >= 15 is 0 Å². The number of benzene rings is 1. The Hall–Kier alpha value is -0.990. The number of hydrogen-bond acceptors (Lipinski definition) is 1. The fourth-order valence-corrected chi connectivity index (χ4v) is 2.73. The average Bonchev–Trinajstić information content (AvgIpc) is 2.69. The molecule has 0 atom stereocenters. The van der Waals surface area contributed by atoms with Gasteiger partial charge in [-0.1, -0.05) is 23.2 Å². The number of aryl methyl sites for hydroxylation is 1. The van der Waals surface area contributed by atoms with E-state index in [1.165, 1.54) is 18.4 Å². The molecule has 4 heteroatoms. The van der Waals surface area contributed by atoms with Crippen LogP contribution < -0.4 is 0 Å². The molecular weight excluding hydrogens is 255 g/mol. The van der Waals surface area contributed by atoms with E-state index in [1.54, 1.807) is 0 Å². The van der Waals surface area contributed by atoms with Crippen molar-refractivity contribution in [1.82, 2.24) is 9.78 Å². The van der Waals surface area contributed by atoms with Gasteiger partial charge in [-0.05, 0) is 49.9 Å². The number of aromatic nitrogens is 2. The van der Waals surface area contributed by atoms with Gasteiger partial charge in [0, 0.05) is 10.6 Å². The summed E-state index contributed by atoms with van der Waals surface area (Å²) in [4.78, 5) is 0. The van der Waals surface area contributed by atoms with Crippen LogP contribution in [0.1, 0.15) is 24.1 Å². The van der Waals surface area contributed by atoms with Crippen molar-refractivity contribution in [3.63, 3.8) is 0 Å². The zero-order chi connectivity index (χ0) is 11.8. The lowest BCUT2D eigenvalue weighted by atomic mass is 9.99. The van der Waals surface area contributed by atoms with Crippen LogP contribution in [-0.4, -0.2) is 9.78 Å². The highest BCUT2D eigenvalue weighted by atomic mass is 35.5. The van der Waals surface area contributed by atoms with Crippen molar-refractivity contribution in [3.8, 4) is 5.69 Å². The van der Waals surface area contributed by atoms with Crippen molar-refractivity contribution < 1.29 is 0 Å². The quantitative estimate of drug-likeness (QED) is 0.761. The second-order valence-corrected chi connectivity index (χ2v) is 5.11. The van der Waals surface area contributed by atoms with E-state index in [4.69, 9.17) is 23.2 Å². The van der Waals surface area contributed by atoms with Crippen LogP contribution in [0.15, 0.2) is 24.3 Å². The molecule has 1 aromatic carbocycles. The van der Waals surface area contributed by atoms with Crippen LogP contribution >= 0.6 is 23.2 Å². The van der Waals surface area contributed by atoms with Crippen molar-refractivity contribution in [1.29, 1.82) is 0 Å². The second-order valence-electron chi connectivity index (χ2n) is 4.31. The normalized spacial score (nSPS) is 14.7. The molecule has 1 aliphatic rings. The highest BCUT2D eigenvalue weighted by Gasteiger charge is 2.19. The van der Waals surface area contributed by atoms with E-state index in [-0.39, 0.29) is 0 Å². The van der Waals surface area contributed by atoms with Crippen LogP contribution in [0.3, 0.4) is 0 Å². The van der Waals surface area contributed by atoms with E-state index in [9.17, 15) is 0 Å². The molecule has 2 aromatic rings. The third-order valence-corrected chi connectivity index (χ3v) is 3.81. The number of rotatable bonds is 1. The molecule has 0 bridgehead atoms. The van der Waals surface area contributed by atoms with E-state index in [0.717, 1.165) is 34.4 Å².